The molecule has 70 heavy (non-hydrogen) atoms. The molecule has 18 heteroatoms. The summed E-state index contributed by atoms with van der Waals surface area (Å²) in [6.07, 6.45) is 10.6. The Bertz CT molecular complexity index is 2140. The smallest absolute Gasteiger partial charge is 0.340 e. The van der Waals surface area contributed by atoms with Crippen molar-refractivity contribution in [3.63, 3.8) is 0 Å². The summed E-state index contributed by atoms with van der Waals surface area (Å²) < 4.78 is 28.1. The van der Waals surface area contributed by atoms with Gasteiger partial charge in [0.15, 0.2) is 12.6 Å². The van der Waals surface area contributed by atoms with Gasteiger partial charge in [-0.3, -0.25) is 14.4 Å². The molecule has 392 valence electrons. The van der Waals surface area contributed by atoms with Crippen LogP contribution in [-0.2, 0) is 33.3 Å². The lowest BCUT2D eigenvalue weighted by Gasteiger charge is -2.37. The lowest BCUT2D eigenvalue weighted by Crippen LogP contribution is -2.48. The van der Waals surface area contributed by atoms with Crippen LogP contribution in [0, 0.1) is 0 Å². The number of esters is 1. The maximum absolute atomic E-state index is 12.7. The van der Waals surface area contributed by atoms with Crippen molar-refractivity contribution in [1.82, 2.24) is 9.97 Å². The molecule has 2 fully saturated rings. The first-order valence-electron chi connectivity index (χ1n) is 24.8. The Morgan fingerprint density at radius 2 is 1.00 bits per heavy atom. The monoisotopic (exact) mass is 1020 g/mol. The molecule has 0 saturated carbocycles. The Labute approximate surface area is 418 Å². The number of rotatable bonds is 23. The average molecular weight is 1020 g/mol. The first-order chi connectivity index (χ1) is 33.2. The molecule has 2 aliphatic heterocycles. The Kier molecular flexibility index (Phi) is 27.5. The molecule has 16 nitrogen and oxygen atoms in total. The molecule has 8 atom stereocenters. The zero-order valence-corrected chi connectivity index (χ0v) is 43.7. The Morgan fingerprint density at radius 3 is 1.47 bits per heavy atom. The van der Waals surface area contributed by atoms with Crippen LogP contribution in [0.3, 0.4) is 0 Å². The number of aromatic nitrogens is 2. The van der Waals surface area contributed by atoms with Crippen molar-refractivity contribution in [2.75, 3.05) is 13.2 Å². The summed E-state index contributed by atoms with van der Waals surface area (Å²) in [6.45, 7) is 13.9. The zero-order valence-electron chi connectivity index (χ0n) is 41.9. The number of aliphatic hydroxyl groups excluding tert-OH is 3. The number of carboxylic acid groups (broad SMARTS) is 2. The molecule has 4 unspecified atom stereocenters. The molecule has 2 saturated heterocycles. The average Bonchev–Trinajstić information content (AvgIpc) is 3.94. The number of carboxylic acids is 2. The molecule has 0 bridgehead atoms. The van der Waals surface area contributed by atoms with Gasteiger partial charge in [0.1, 0.15) is 18.3 Å². The minimum Gasteiger partial charge on any atom is -0.481 e. The summed E-state index contributed by atoms with van der Waals surface area (Å²) in [7, 11) is -0.611. The summed E-state index contributed by atoms with van der Waals surface area (Å²) >= 11 is 5.36. The molecule has 0 spiro atoms. The number of benzene rings is 2. The standard InChI is InChI=1S/C24H33NO7.C15H28O6.C9H6ClNO.C4H12Si/c1-16-21(32-23(29)18-15-25-19-11-8-7-10-17(18)19)14-20(26)24(31-16)30-13-9-5-3-2-4-6-12-22(27)28;1-11-12(16)10-13(17)15(21-11)20-9-7-5-3-2-4-6-8-14(18)19;10-9(12)7-5-11-8-4-2-1-3-6(7)8;1-5(2,3)4/h7-8,10-11,15-16,20-21,24-26H,2-6,9,12-14H2,1H3,(H,27,28);11-13,15-17H,2-10H2,1H3,(H,18,19);1-5,11H;1-4H3/t16?,20?,21-,24-;11?,12-,13?,15-;;/m11../s1. The van der Waals surface area contributed by atoms with Gasteiger partial charge in [0.25, 0.3) is 5.24 Å². The molecule has 4 aromatic rings. The van der Waals surface area contributed by atoms with Crippen LogP contribution in [0.2, 0.25) is 26.2 Å². The number of ether oxygens (including phenoxy) is 5. The number of hydrogen-bond acceptors (Lipinski definition) is 12. The van der Waals surface area contributed by atoms with Crippen LogP contribution < -0.4 is 0 Å². The van der Waals surface area contributed by atoms with Gasteiger partial charge in [0.2, 0.25) is 0 Å². The molecular formula is C52H79ClN2O14Si. The van der Waals surface area contributed by atoms with Gasteiger partial charge in [-0.1, -0.05) is 114 Å². The number of fused-ring (bicyclic) bond motifs is 2. The summed E-state index contributed by atoms with van der Waals surface area (Å²) in [5, 5.41) is 48.1. The lowest BCUT2D eigenvalue weighted by atomic mass is 10.0. The molecule has 2 aromatic carbocycles. The van der Waals surface area contributed by atoms with Crippen LogP contribution in [0.1, 0.15) is 137 Å². The first-order valence-corrected chi connectivity index (χ1v) is 29.2. The van der Waals surface area contributed by atoms with Gasteiger partial charge in [-0.15, -0.1) is 0 Å². The number of carbonyl (C=O) groups is 4. The van der Waals surface area contributed by atoms with E-state index in [2.05, 4.69) is 36.2 Å². The van der Waals surface area contributed by atoms with E-state index < -0.39 is 74.3 Å². The highest BCUT2D eigenvalue weighted by Gasteiger charge is 2.38. The number of aromatic amines is 2. The van der Waals surface area contributed by atoms with E-state index in [-0.39, 0.29) is 31.8 Å². The highest BCUT2D eigenvalue weighted by atomic mass is 35.5. The third kappa shape index (κ3) is 23.4. The van der Waals surface area contributed by atoms with E-state index >= 15 is 0 Å². The van der Waals surface area contributed by atoms with E-state index in [9.17, 15) is 34.5 Å². The third-order valence-corrected chi connectivity index (χ3v) is 11.6. The minimum atomic E-state index is -0.872. The lowest BCUT2D eigenvalue weighted by molar-refractivity contribution is -0.261. The number of halogens is 1. The van der Waals surface area contributed by atoms with E-state index in [0.717, 1.165) is 98.9 Å². The van der Waals surface area contributed by atoms with Gasteiger partial charge < -0.3 is 59.2 Å². The number of hydrogen-bond donors (Lipinski definition) is 7. The maximum Gasteiger partial charge on any atom is 0.340 e. The molecule has 2 aromatic heterocycles. The molecular weight excluding hydrogens is 940 g/mol. The van der Waals surface area contributed by atoms with E-state index in [1.165, 1.54) is 0 Å². The van der Waals surface area contributed by atoms with E-state index in [1.807, 2.05) is 55.5 Å². The number of nitrogens with one attached hydrogen (secondary N) is 2. The van der Waals surface area contributed by atoms with Crippen LogP contribution in [0.4, 0.5) is 0 Å². The third-order valence-electron chi connectivity index (χ3n) is 11.4. The molecule has 4 heterocycles. The first kappa shape index (κ1) is 60.1. The van der Waals surface area contributed by atoms with Gasteiger partial charge >= 0.3 is 17.9 Å². The number of carbonyl (C=O) groups excluding carboxylic acids is 2. The van der Waals surface area contributed by atoms with Crippen LogP contribution >= 0.6 is 11.6 Å². The molecule has 6 rings (SSSR count). The van der Waals surface area contributed by atoms with Gasteiger partial charge in [-0.25, -0.2) is 4.79 Å². The van der Waals surface area contributed by atoms with Crippen molar-refractivity contribution < 1.29 is 68.4 Å². The fraction of sp³-hybridized carbons (Fsp3) is 0.615. The van der Waals surface area contributed by atoms with Crippen LogP contribution in [0.25, 0.3) is 21.8 Å². The molecule has 2 aliphatic rings. The summed E-state index contributed by atoms with van der Waals surface area (Å²) in [5.41, 5.74) is 2.79. The van der Waals surface area contributed by atoms with Gasteiger partial charge in [-0.2, -0.15) is 0 Å². The van der Waals surface area contributed by atoms with Crippen molar-refractivity contribution in [3.8, 4) is 0 Å². The van der Waals surface area contributed by atoms with Crippen molar-refractivity contribution >= 4 is 64.6 Å². The Morgan fingerprint density at radius 1 is 0.600 bits per heavy atom. The molecule has 0 radical (unpaired) electrons. The van der Waals surface area contributed by atoms with Crippen molar-refractivity contribution in [3.05, 3.63) is 72.1 Å². The highest BCUT2D eigenvalue weighted by Crippen LogP contribution is 2.27. The van der Waals surface area contributed by atoms with Crippen LogP contribution in [-0.4, -0.2) is 129 Å². The second kappa shape index (κ2) is 32.0. The molecule has 0 amide bonds. The largest absolute Gasteiger partial charge is 0.481 e. The van der Waals surface area contributed by atoms with E-state index in [1.54, 1.807) is 19.3 Å². The molecule has 7 N–H and O–H groups in total. The number of para-hydroxylation sites is 2. The maximum atomic E-state index is 12.7. The number of unbranched alkanes of at least 4 members (excludes halogenated alkanes) is 10. The Balaban J connectivity index is 0.000000290. The Hall–Kier alpha value is -4.17. The highest BCUT2D eigenvalue weighted by molar-refractivity contribution is 6.74. The second-order valence-electron chi connectivity index (χ2n) is 19.6. The van der Waals surface area contributed by atoms with E-state index in [4.69, 9.17) is 45.5 Å². The van der Waals surface area contributed by atoms with Crippen LogP contribution in [0.5, 0.6) is 0 Å². The fourth-order valence-corrected chi connectivity index (χ4v) is 7.72. The zero-order chi connectivity index (χ0) is 51.6. The summed E-state index contributed by atoms with van der Waals surface area (Å²) in [5.74, 6) is -1.92. The van der Waals surface area contributed by atoms with Crippen molar-refractivity contribution in [2.45, 2.75) is 192 Å². The van der Waals surface area contributed by atoms with E-state index in [0.29, 0.717) is 24.3 Å². The topological polar surface area (TPSA) is 247 Å². The number of H-pyrrole nitrogens is 2. The van der Waals surface area contributed by atoms with Gasteiger partial charge in [0.05, 0.1) is 29.4 Å². The van der Waals surface area contributed by atoms with Crippen molar-refractivity contribution in [1.29, 1.82) is 0 Å². The quantitative estimate of drug-likeness (QED) is 0.0158. The van der Waals surface area contributed by atoms with Crippen molar-refractivity contribution in [2.24, 2.45) is 0 Å². The van der Waals surface area contributed by atoms with Gasteiger partial charge in [-0.05, 0) is 63.3 Å². The second-order valence-corrected chi connectivity index (χ2v) is 25.9. The fourth-order valence-electron chi connectivity index (χ4n) is 7.56. The predicted molar refractivity (Wildman–Crippen MR) is 273 cm³/mol. The minimum absolute atomic E-state index is 0.232. The number of aliphatic carboxylic acids is 2. The SMILES string of the molecule is CC1O[C@@H](OCCCCCCCCC(=O)O)C(O)C[C@H]1O.CC1O[C@@H](OCCCCCCCCC(=O)O)C(O)C[C@H]1OC(=O)c1c[nH]c2ccccc12.C[Si](C)(C)C.O=C(Cl)c1c[nH]c2ccccc12. The predicted octanol–water partition coefficient (Wildman–Crippen LogP) is 10.2. The van der Waals surface area contributed by atoms with Crippen LogP contribution in [0.15, 0.2) is 60.9 Å². The summed E-state index contributed by atoms with van der Waals surface area (Å²) in [4.78, 5) is 50.3. The van der Waals surface area contributed by atoms with Gasteiger partial charge in [0, 0.05) is 81.2 Å². The normalized spacial score (nSPS) is 22.1. The molecule has 0 aliphatic carbocycles. The number of aliphatic hydroxyl groups is 3. The summed E-state index contributed by atoms with van der Waals surface area (Å²) in [6, 6.07) is 15.1.